The molecule has 22 heavy (non-hydrogen) atoms. The van der Waals surface area contributed by atoms with E-state index >= 15 is 0 Å². The molecule has 0 aromatic heterocycles. The maximum absolute atomic E-state index is 12.4. The van der Waals surface area contributed by atoms with E-state index in [9.17, 15) is 9.59 Å². The number of carboxylic acid groups (broad SMARTS) is 1. The second kappa shape index (κ2) is 7.63. The lowest BCUT2D eigenvalue weighted by Gasteiger charge is -2.27. The lowest BCUT2D eigenvalue weighted by molar-refractivity contribution is -0.144. The SMILES string of the molecule is CCC(NC(=O)C1CCCC(C(=O)O)C1)c1ccc(Cl)cc1. The van der Waals surface area contributed by atoms with E-state index in [-0.39, 0.29) is 23.8 Å². The van der Waals surface area contributed by atoms with Crippen molar-refractivity contribution in [2.24, 2.45) is 11.8 Å². The number of carboxylic acids is 1. The summed E-state index contributed by atoms with van der Waals surface area (Å²) < 4.78 is 0. The number of halogens is 1. The summed E-state index contributed by atoms with van der Waals surface area (Å²) in [6, 6.07) is 7.39. The number of nitrogens with one attached hydrogen (secondary N) is 1. The second-order valence-corrected chi connectivity index (χ2v) is 6.36. The van der Waals surface area contributed by atoms with Gasteiger partial charge in [0.25, 0.3) is 0 Å². The number of hydrogen-bond acceptors (Lipinski definition) is 2. The minimum atomic E-state index is -0.790. The number of amides is 1. The average Bonchev–Trinajstić information content (AvgIpc) is 2.53. The van der Waals surface area contributed by atoms with Gasteiger partial charge < -0.3 is 10.4 Å². The summed E-state index contributed by atoms with van der Waals surface area (Å²) in [5, 5.41) is 12.9. The molecule has 3 unspecified atom stereocenters. The Labute approximate surface area is 135 Å². The zero-order valence-electron chi connectivity index (χ0n) is 12.7. The quantitative estimate of drug-likeness (QED) is 0.866. The normalized spacial score (nSPS) is 22.8. The van der Waals surface area contributed by atoms with Crippen molar-refractivity contribution < 1.29 is 14.7 Å². The van der Waals surface area contributed by atoms with Gasteiger partial charge in [0.05, 0.1) is 12.0 Å². The van der Waals surface area contributed by atoms with E-state index in [1.54, 1.807) is 0 Å². The van der Waals surface area contributed by atoms with Gasteiger partial charge in [0.1, 0.15) is 0 Å². The van der Waals surface area contributed by atoms with Gasteiger partial charge in [-0.2, -0.15) is 0 Å². The van der Waals surface area contributed by atoms with Gasteiger partial charge in [-0.25, -0.2) is 0 Å². The van der Waals surface area contributed by atoms with Crippen molar-refractivity contribution in [3.8, 4) is 0 Å². The Bertz CT molecular complexity index is 529. The fourth-order valence-electron chi connectivity index (χ4n) is 3.06. The van der Waals surface area contributed by atoms with Gasteiger partial charge in [0.15, 0.2) is 0 Å². The van der Waals surface area contributed by atoms with Crippen LogP contribution in [0.3, 0.4) is 0 Å². The van der Waals surface area contributed by atoms with Crippen LogP contribution in [0.2, 0.25) is 5.02 Å². The van der Waals surface area contributed by atoms with Crippen molar-refractivity contribution in [3.63, 3.8) is 0 Å². The fourth-order valence-corrected chi connectivity index (χ4v) is 3.18. The van der Waals surface area contributed by atoms with E-state index in [1.807, 2.05) is 31.2 Å². The average molecular weight is 324 g/mol. The fraction of sp³-hybridized carbons (Fsp3) is 0.529. The number of carbonyl (C=O) groups is 2. The van der Waals surface area contributed by atoms with Gasteiger partial charge >= 0.3 is 5.97 Å². The summed E-state index contributed by atoms with van der Waals surface area (Å²) in [5.74, 6) is -1.41. The minimum absolute atomic E-state index is 0.0345. The Morgan fingerprint density at radius 3 is 2.50 bits per heavy atom. The van der Waals surface area contributed by atoms with Crippen LogP contribution in [0.25, 0.3) is 0 Å². The number of benzene rings is 1. The summed E-state index contributed by atoms with van der Waals surface area (Å²) in [6.45, 7) is 2.01. The highest BCUT2D eigenvalue weighted by molar-refractivity contribution is 6.30. The van der Waals surface area contributed by atoms with E-state index in [0.717, 1.165) is 24.8 Å². The van der Waals surface area contributed by atoms with Crippen LogP contribution in [0, 0.1) is 11.8 Å². The maximum atomic E-state index is 12.4. The Kier molecular flexibility index (Phi) is 5.83. The van der Waals surface area contributed by atoms with E-state index in [1.165, 1.54) is 0 Å². The monoisotopic (exact) mass is 323 g/mol. The van der Waals surface area contributed by atoms with Gasteiger partial charge in [0.2, 0.25) is 5.91 Å². The number of aliphatic carboxylic acids is 1. The highest BCUT2D eigenvalue weighted by Crippen LogP contribution is 2.30. The molecule has 0 saturated heterocycles. The third-order valence-corrected chi connectivity index (χ3v) is 4.64. The smallest absolute Gasteiger partial charge is 0.306 e. The van der Waals surface area contributed by atoms with Crippen LogP contribution in [0.4, 0.5) is 0 Å². The van der Waals surface area contributed by atoms with Gasteiger partial charge in [-0.1, -0.05) is 37.1 Å². The molecular weight excluding hydrogens is 302 g/mol. The lowest BCUT2D eigenvalue weighted by Crippen LogP contribution is -2.37. The summed E-state index contributed by atoms with van der Waals surface area (Å²) in [6.07, 6.45) is 3.47. The predicted octanol–water partition coefficient (Wildman–Crippen LogP) is 3.80. The molecule has 1 aromatic carbocycles. The standard InChI is InChI=1S/C17H22ClNO3/c1-2-15(11-6-8-14(18)9-7-11)19-16(20)12-4-3-5-13(10-12)17(21)22/h6-9,12-13,15H,2-5,10H2,1H3,(H,19,20)(H,21,22). The third-order valence-electron chi connectivity index (χ3n) is 4.39. The van der Waals surface area contributed by atoms with Crippen molar-refractivity contribution in [2.45, 2.75) is 45.1 Å². The van der Waals surface area contributed by atoms with Crippen LogP contribution in [-0.2, 0) is 9.59 Å². The molecule has 120 valence electrons. The first kappa shape index (κ1) is 16.8. The minimum Gasteiger partial charge on any atom is -0.481 e. The Morgan fingerprint density at radius 1 is 1.27 bits per heavy atom. The van der Waals surface area contributed by atoms with Gasteiger partial charge in [0, 0.05) is 10.9 Å². The number of carbonyl (C=O) groups excluding carboxylic acids is 1. The Balaban J connectivity index is 1.99. The molecule has 4 nitrogen and oxygen atoms in total. The Morgan fingerprint density at radius 2 is 1.91 bits per heavy atom. The molecule has 0 radical (unpaired) electrons. The second-order valence-electron chi connectivity index (χ2n) is 5.92. The van der Waals surface area contributed by atoms with E-state index < -0.39 is 5.97 Å². The molecule has 5 heteroatoms. The van der Waals surface area contributed by atoms with Gasteiger partial charge in [-0.05, 0) is 43.4 Å². The number of rotatable bonds is 5. The molecule has 0 bridgehead atoms. The van der Waals surface area contributed by atoms with Crippen LogP contribution in [-0.4, -0.2) is 17.0 Å². The van der Waals surface area contributed by atoms with Crippen LogP contribution in [0.15, 0.2) is 24.3 Å². The van der Waals surface area contributed by atoms with Crippen molar-refractivity contribution >= 4 is 23.5 Å². The summed E-state index contributed by atoms with van der Waals surface area (Å²) >= 11 is 5.89. The summed E-state index contributed by atoms with van der Waals surface area (Å²) in [5.41, 5.74) is 1.02. The number of hydrogen-bond donors (Lipinski definition) is 2. The summed E-state index contributed by atoms with van der Waals surface area (Å²) in [4.78, 5) is 23.6. The zero-order valence-corrected chi connectivity index (χ0v) is 13.5. The van der Waals surface area contributed by atoms with E-state index in [4.69, 9.17) is 16.7 Å². The molecular formula is C17H22ClNO3. The molecule has 2 rings (SSSR count). The van der Waals surface area contributed by atoms with Gasteiger partial charge in [-0.3, -0.25) is 9.59 Å². The van der Waals surface area contributed by atoms with Crippen molar-refractivity contribution in [3.05, 3.63) is 34.9 Å². The molecule has 0 spiro atoms. The molecule has 1 aliphatic carbocycles. The predicted molar refractivity (Wildman–Crippen MR) is 85.7 cm³/mol. The topological polar surface area (TPSA) is 66.4 Å². The molecule has 1 aromatic rings. The lowest BCUT2D eigenvalue weighted by atomic mass is 9.81. The zero-order chi connectivity index (χ0) is 16.1. The largest absolute Gasteiger partial charge is 0.481 e. The molecule has 1 fully saturated rings. The first-order valence-electron chi connectivity index (χ1n) is 7.80. The first-order chi connectivity index (χ1) is 10.5. The van der Waals surface area contributed by atoms with Crippen molar-refractivity contribution in [1.82, 2.24) is 5.32 Å². The molecule has 3 atom stereocenters. The Hall–Kier alpha value is -1.55. The van der Waals surface area contributed by atoms with Crippen molar-refractivity contribution in [1.29, 1.82) is 0 Å². The van der Waals surface area contributed by atoms with Crippen LogP contribution < -0.4 is 5.32 Å². The molecule has 0 aliphatic heterocycles. The van der Waals surface area contributed by atoms with Crippen LogP contribution in [0.1, 0.15) is 50.6 Å². The van der Waals surface area contributed by atoms with E-state index in [2.05, 4.69) is 5.32 Å². The summed E-state index contributed by atoms with van der Waals surface area (Å²) in [7, 11) is 0. The van der Waals surface area contributed by atoms with Gasteiger partial charge in [-0.15, -0.1) is 0 Å². The third kappa shape index (κ3) is 4.23. The van der Waals surface area contributed by atoms with Crippen LogP contribution >= 0.6 is 11.6 Å². The highest BCUT2D eigenvalue weighted by Gasteiger charge is 2.31. The maximum Gasteiger partial charge on any atom is 0.306 e. The molecule has 0 heterocycles. The first-order valence-corrected chi connectivity index (χ1v) is 8.17. The van der Waals surface area contributed by atoms with Crippen molar-refractivity contribution in [2.75, 3.05) is 0 Å². The molecule has 1 saturated carbocycles. The highest BCUT2D eigenvalue weighted by atomic mass is 35.5. The molecule has 1 aliphatic rings. The molecule has 2 N–H and O–H groups in total. The van der Waals surface area contributed by atoms with Crippen LogP contribution in [0.5, 0.6) is 0 Å². The molecule has 1 amide bonds. The van der Waals surface area contributed by atoms with E-state index in [0.29, 0.717) is 17.9 Å².